The number of benzene rings is 1. The van der Waals surface area contributed by atoms with E-state index in [1.54, 1.807) is 0 Å². The highest BCUT2D eigenvalue weighted by Gasteiger charge is 2.49. The Kier molecular flexibility index (Phi) is 7.72. The Hall–Kier alpha value is -0.835. The van der Waals surface area contributed by atoms with Crippen molar-refractivity contribution in [1.29, 1.82) is 0 Å². The molecular weight excluding hydrogens is 359 g/mol. The van der Waals surface area contributed by atoms with Gasteiger partial charge in [0.2, 0.25) is 0 Å². The Morgan fingerprint density at radius 1 is 0.828 bits per heavy atom. The second kappa shape index (κ2) is 10.5. The van der Waals surface area contributed by atoms with Gasteiger partial charge in [0.05, 0.1) is 24.9 Å². The first-order valence-corrected chi connectivity index (χ1v) is 12.2. The maximum atomic E-state index is 6.70. The fraction of sp³-hybridized carbons (Fsp3) is 0.760. The Labute approximate surface area is 178 Å². The van der Waals surface area contributed by atoms with Crippen LogP contribution in [0.4, 0.5) is 0 Å². The summed E-state index contributed by atoms with van der Waals surface area (Å²) in [6.45, 7) is 5.06. The molecule has 3 aliphatic rings. The smallest absolute Gasteiger partial charge is 0.405 e. The van der Waals surface area contributed by atoms with E-state index in [4.69, 9.17) is 14.0 Å². The molecule has 1 aromatic rings. The first kappa shape index (κ1) is 21.4. The van der Waals surface area contributed by atoms with Gasteiger partial charge in [-0.25, -0.2) is 0 Å². The zero-order valence-electron chi connectivity index (χ0n) is 18.4. The van der Waals surface area contributed by atoms with Crippen molar-refractivity contribution in [2.75, 3.05) is 0 Å². The number of hydrogen-bond acceptors (Lipinski definition) is 3. The van der Waals surface area contributed by atoms with Crippen LogP contribution >= 0.6 is 0 Å². The van der Waals surface area contributed by atoms with Gasteiger partial charge < -0.3 is 14.0 Å². The van der Waals surface area contributed by atoms with Crippen LogP contribution in [-0.4, -0.2) is 25.4 Å². The molecule has 0 radical (unpaired) electrons. The summed E-state index contributed by atoms with van der Waals surface area (Å²) in [5.74, 6) is 1.61. The minimum atomic E-state index is -0.125. The Morgan fingerprint density at radius 2 is 1.34 bits per heavy atom. The van der Waals surface area contributed by atoms with E-state index in [2.05, 4.69) is 38.1 Å². The van der Waals surface area contributed by atoms with Gasteiger partial charge in [-0.15, -0.1) is 0 Å². The predicted molar refractivity (Wildman–Crippen MR) is 119 cm³/mol. The molecule has 0 unspecified atom stereocenters. The molecule has 2 saturated carbocycles. The summed E-state index contributed by atoms with van der Waals surface area (Å²) >= 11 is 0. The van der Waals surface area contributed by atoms with Crippen LogP contribution in [0.15, 0.2) is 30.3 Å². The van der Waals surface area contributed by atoms with Crippen LogP contribution in [0.3, 0.4) is 0 Å². The Balaban J connectivity index is 1.38. The van der Waals surface area contributed by atoms with E-state index in [0.29, 0.717) is 30.7 Å². The third kappa shape index (κ3) is 5.45. The van der Waals surface area contributed by atoms with Crippen molar-refractivity contribution in [3.63, 3.8) is 0 Å². The van der Waals surface area contributed by atoms with E-state index in [-0.39, 0.29) is 19.0 Å². The molecule has 0 N–H and O–H groups in total. The van der Waals surface area contributed by atoms with Crippen LogP contribution in [0.1, 0.15) is 83.6 Å². The molecule has 4 heteroatoms. The summed E-state index contributed by atoms with van der Waals surface area (Å²) in [4.78, 5) is 0. The molecule has 4 rings (SSSR count). The van der Waals surface area contributed by atoms with Crippen molar-refractivity contribution >= 4 is 7.12 Å². The van der Waals surface area contributed by atoms with Crippen LogP contribution in [-0.2, 0) is 20.7 Å². The van der Waals surface area contributed by atoms with Crippen LogP contribution in [0, 0.1) is 11.8 Å². The molecule has 29 heavy (non-hydrogen) atoms. The second-order valence-corrected chi connectivity index (χ2v) is 9.73. The zero-order chi connectivity index (χ0) is 20.1. The first-order valence-electron chi connectivity index (χ1n) is 12.2. The molecule has 3 fully saturated rings. The van der Waals surface area contributed by atoms with Crippen molar-refractivity contribution in [3.05, 3.63) is 35.9 Å². The average molecular weight is 398 g/mol. The van der Waals surface area contributed by atoms with E-state index >= 15 is 0 Å². The molecule has 0 aromatic heterocycles. The van der Waals surface area contributed by atoms with E-state index in [1.165, 1.54) is 69.8 Å². The second-order valence-electron chi connectivity index (χ2n) is 9.73. The summed E-state index contributed by atoms with van der Waals surface area (Å²) in [7, 11) is -0.125. The van der Waals surface area contributed by atoms with Crippen molar-refractivity contribution in [3.8, 4) is 0 Å². The lowest BCUT2D eigenvalue weighted by Gasteiger charge is -2.35. The van der Waals surface area contributed by atoms with E-state index in [1.807, 2.05) is 6.07 Å². The van der Waals surface area contributed by atoms with Gasteiger partial charge in [-0.3, -0.25) is 0 Å². The molecule has 1 heterocycles. The van der Waals surface area contributed by atoms with Crippen LogP contribution in [0.25, 0.3) is 0 Å². The van der Waals surface area contributed by atoms with E-state index in [9.17, 15) is 0 Å². The molecular formula is C25H39BO3. The summed E-state index contributed by atoms with van der Waals surface area (Å²) < 4.78 is 19.6. The highest BCUT2D eigenvalue weighted by Crippen LogP contribution is 2.42. The van der Waals surface area contributed by atoms with Crippen molar-refractivity contribution < 1.29 is 14.0 Å². The minimum absolute atomic E-state index is 0.109. The summed E-state index contributed by atoms with van der Waals surface area (Å²) in [6, 6.07) is 10.4. The van der Waals surface area contributed by atoms with Gasteiger partial charge in [0.25, 0.3) is 0 Å². The lowest BCUT2D eigenvalue weighted by atomic mass is 9.70. The fourth-order valence-electron chi connectivity index (χ4n) is 5.60. The topological polar surface area (TPSA) is 27.7 Å². The lowest BCUT2D eigenvalue weighted by Crippen LogP contribution is -2.38. The van der Waals surface area contributed by atoms with Gasteiger partial charge in [-0.2, -0.15) is 0 Å². The predicted octanol–water partition coefficient (Wildman–Crippen LogP) is 6.41. The summed E-state index contributed by atoms with van der Waals surface area (Å²) in [5, 5.41) is 0. The molecule has 0 spiro atoms. The quantitative estimate of drug-likeness (QED) is 0.497. The van der Waals surface area contributed by atoms with Gasteiger partial charge in [0.15, 0.2) is 0 Å². The SMILES string of the molecule is C[C@H](OCc1ccccc1)[C@@H](C)B1O[C@@H](C2CCCCC2)[C@H](C2CCCCC2)O1. The fourth-order valence-corrected chi connectivity index (χ4v) is 5.60. The van der Waals surface area contributed by atoms with E-state index in [0.717, 1.165) is 0 Å². The van der Waals surface area contributed by atoms with Crippen molar-refractivity contribution in [2.45, 2.75) is 109 Å². The first-order chi connectivity index (χ1) is 14.2. The maximum absolute atomic E-state index is 6.70. The zero-order valence-corrected chi connectivity index (χ0v) is 18.4. The number of hydrogen-bond donors (Lipinski definition) is 0. The molecule has 4 atom stereocenters. The molecule has 1 aliphatic heterocycles. The van der Waals surface area contributed by atoms with Gasteiger partial charge >= 0.3 is 7.12 Å². The largest absolute Gasteiger partial charge is 0.463 e. The van der Waals surface area contributed by atoms with Crippen LogP contribution in [0.5, 0.6) is 0 Å². The van der Waals surface area contributed by atoms with E-state index < -0.39 is 0 Å². The van der Waals surface area contributed by atoms with Crippen molar-refractivity contribution in [2.24, 2.45) is 11.8 Å². The normalized spacial score (nSPS) is 29.1. The lowest BCUT2D eigenvalue weighted by molar-refractivity contribution is 0.0324. The Morgan fingerprint density at radius 3 is 1.86 bits per heavy atom. The standard InChI is InChI=1S/C25H39BO3/c1-19(20(2)27-18-21-12-6-3-7-13-21)26-28-24(22-14-8-4-9-15-22)25(29-26)23-16-10-5-11-17-23/h3,6-7,12-13,19-20,22-25H,4-5,8-11,14-18H2,1-2H3/t19-,20+,24+,25+/m1/s1. The van der Waals surface area contributed by atoms with Crippen LogP contribution < -0.4 is 0 Å². The van der Waals surface area contributed by atoms with Crippen LogP contribution in [0.2, 0.25) is 5.82 Å². The number of ether oxygens (including phenoxy) is 1. The molecule has 3 nitrogen and oxygen atoms in total. The third-order valence-corrected chi connectivity index (χ3v) is 7.66. The molecule has 160 valence electrons. The van der Waals surface area contributed by atoms with Gasteiger partial charge in [-0.05, 0) is 50.0 Å². The highest BCUT2D eigenvalue weighted by atomic mass is 16.7. The Bertz CT molecular complexity index is 571. The molecule has 0 amide bonds. The highest BCUT2D eigenvalue weighted by molar-refractivity contribution is 6.47. The van der Waals surface area contributed by atoms with Gasteiger partial charge in [-0.1, -0.05) is 75.8 Å². The third-order valence-electron chi connectivity index (χ3n) is 7.66. The molecule has 1 saturated heterocycles. The summed E-state index contributed by atoms with van der Waals surface area (Å²) in [6.07, 6.45) is 14.2. The maximum Gasteiger partial charge on any atom is 0.463 e. The minimum Gasteiger partial charge on any atom is -0.405 e. The number of rotatable bonds is 7. The molecule has 1 aromatic carbocycles. The molecule has 0 bridgehead atoms. The molecule has 2 aliphatic carbocycles. The van der Waals surface area contributed by atoms with Crippen molar-refractivity contribution in [1.82, 2.24) is 0 Å². The average Bonchev–Trinajstić information content (AvgIpc) is 3.24. The van der Waals surface area contributed by atoms with Gasteiger partial charge in [0.1, 0.15) is 0 Å². The van der Waals surface area contributed by atoms with Gasteiger partial charge in [0, 0.05) is 5.82 Å². The summed E-state index contributed by atoms with van der Waals surface area (Å²) in [5.41, 5.74) is 1.22. The monoisotopic (exact) mass is 398 g/mol.